The van der Waals surface area contributed by atoms with Crippen LogP contribution < -0.4 is 5.32 Å². The van der Waals surface area contributed by atoms with Crippen LogP contribution in [0.2, 0.25) is 0 Å². The van der Waals surface area contributed by atoms with Crippen LogP contribution in [0, 0.1) is 6.92 Å². The zero-order chi connectivity index (χ0) is 7.84. The van der Waals surface area contributed by atoms with Gasteiger partial charge < -0.3 is 5.32 Å². The minimum absolute atomic E-state index is 0.0544. The summed E-state index contributed by atoms with van der Waals surface area (Å²) in [4.78, 5) is 15.2. The molecule has 0 unspecified atom stereocenters. The predicted octanol–water partition coefficient (Wildman–Crippen LogP) is 0.305. The largest absolute Gasteiger partial charge is 0.337 e. The average Bonchev–Trinajstić information content (AvgIpc) is 2.34. The van der Waals surface area contributed by atoms with Gasteiger partial charge in [0.1, 0.15) is 5.82 Å². The van der Waals surface area contributed by atoms with Gasteiger partial charge in [-0.05, 0) is 6.92 Å². The summed E-state index contributed by atoms with van der Waals surface area (Å²) in [5.74, 6) is 0.761. The summed E-state index contributed by atoms with van der Waals surface area (Å²) in [7, 11) is 0. The molecule has 1 N–H and O–H groups in total. The van der Waals surface area contributed by atoms with E-state index in [4.69, 9.17) is 0 Å². The van der Waals surface area contributed by atoms with Crippen molar-refractivity contribution in [3.05, 3.63) is 17.7 Å². The second-order valence-corrected chi connectivity index (χ2v) is 2.61. The van der Waals surface area contributed by atoms with Crippen molar-refractivity contribution in [1.82, 2.24) is 14.9 Å². The van der Waals surface area contributed by atoms with Gasteiger partial charge in [-0.1, -0.05) is 0 Å². The highest BCUT2D eigenvalue weighted by molar-refractivity contribution is 5.79. The first-order valence-electron chi connectivity index (χ1n) is 3.60. The van der Waals surface area contributed by atoms with Crippen LogP contribution in [0.4, 0.5) is 4.79 Å². The molecule has 0 fully saturated rings. The van der Waals surface area contributed by atoms with E-state index in [9.17, 15) is 4.79 Å². The molecule has 0 atom stereocenters. The molecule has 0 aromatic carbocycles. The highest BCUT2D eigenvalue weighted by atomic mass is 16.2. The maximum absolute atomic E-state index is 11.2. The highest BCUT2D eigenvalue weighted by Crippen LogP contribution is 2.07. The molecule has 0 saturated heterocycles. The van der Waals surface area contributed by atoms with Crippen molar-refractivity contribution in [3.63, 3.8) is 0 Å². The number of rotatable bonds is 0. The first-order valence-corrected chi connectivity index (χ1v) is 3.60. The lowest BCUT2D eigenvalue weighted by atomic mass is 10.3. The van der Waals surface area contributed by atoms with E-state index in [0.29, 0.717) is 0 Å². The summed E-state index contributed by atoms with van der Waals surface area (Å²) < 4.78 is 1.61. The van der Waals surface area contributed by atoms with Crippen LogP contribution in [-0.4, -0.2) is 22.1 Å². The summed E-state index contributed by atoms with van der Waals surface area (Å²) in [5.41, 5.74) is 1.01. The minimum atomic E-state index is -0.0544. The zero-order valence-electron chi connectivity index (χ0n) is 6.29. The van der Waals surface area contributed by atoms with E-state index in [1.165, 1.54) is 0 Å². The molecule has 2 heterocycles. The van der Waals surface area contributed by atoms with Crippen molar-refractivity contribution in [3.8, 4) is 0 Å². The van der Waals surface area contributed by atoms with E-state index in [1.807, 2.05) is 6.92 Å². The number of aryl methyl sites for hydroxylation is 1. The van der Waals surface area contributed by atoms with Gasteiger partial charge in [-0.2, -0.15) is 0 Å². The Hall–Kier alpha value is -1.32. The van der Waals surface area contributed by atoms with E-state index in [-0.39, 0.29) is 6.03 Å². The fourth-order valence-electron chi connectivity index (χ4n) is 1.32. The lowest BCUT2D eigenvalue weighted by Gasteiger charge is -2.15. The van der Waals surface area contributed by atoms with Crippen molar-refractivity contribution in [2.45, 2.75) is 13.3 Å². The Labute approximate surface area is 64.2 Å². The quantitative estimate of drug-likeness (QED) is 0.580. The lowest BCUT2D eigenvalue weighted by Crippen LogP contribution is -2.37. The third-order valence-corrected chi connectivity index (χ3v) is 1.87. The standard InChI is InChI=1S/C7H9N3O/c1-5-9-4-6-2-3-8-7(11)10(5)6/h4H,2-3H2,1H3,(H,8,11). The zero-order valence-corrected chi connectivity index (χ0v) is 6.29. The molecule has 0 radical (unpaired) electrons. The van der Waals surface area contributed by atoms with E-state index in [0.717, 1.165) is 24.5 Å². The molecule has 4 nitrogen and oxygen atoms in total. The number of aromatic nitrogens is 2. The molecule has 4 heteroatoms. The number of carbonyl (C=O) groups excluding carboxylic acids is 1. The molecule has 0 spiro atoms. The van der Waals surface area contributed by atoms with E-state index < -0.39 is 0 Å². The van der Waals surface area contributed by atoms with Crippen LogP contribution in [0.1, 0.15) is 11.5 Å². The van der Waals surface area contributed by atoms with Crippen LogP contribution in [0.3, 0.4) is 0 Å². The smallest absolute Gasteiger partial charge is 0.327 e. The van der Waals surface area contributed by atoms with Crippen molar-refractivity contribution < 1.29 is 4.79 Å². The molecule has 1 aromatic rings. The van der Waals surface area contributed by atoms with Crippen molar-refractivity contribution in [2.24, 2.45) is 0 Å². The maximum atomic E-state index is 11.2. The van der Waals surface area contributed by atoms with Gasteiger partial charge in [-0.15, -0.1) is 0 Å². The van der Waals surface area contributed by atoms with E-state index in [1.54, 1.807) is 10.8 Å². The maximum Gasteiger partial charge on any atom is 0.327 e. The summed E-state index contributed by atoms with van der Waals surface area (Å²) >= 11 is 0. The third kappa shape index (κ3) is 0.824. The van der Waals surface area contributed by atoms with Gasteiger partial charge in [0.05, 0.1) is 0 Å². The Morgan fingerprint density at radius 3 is 3.27 bits per heavy atom. The second kappa shape index (κ2) is 2.08. The number of amides is 1. The molecular weight excluding hydrogens is 142 g/mol. The van der Waals surface area contributed by atoms with Gasteiger partial charge in [0.2, 0.25) is 0 Å². The van der Waals surface area contributed by atoms with Gasteiger partial charge >= 0.3 is 6.03 Å². The number of fused-ring (bicyclic) bond motifs is 1. The van der Waals surface area contributed by atoms with Crippen LogP contribution in [0.15, 0.2) is 6.20 Å². The number of hydrogen-bond donors (Lipinski definition) is 1. The van der Waals surface area contributed by atoms with E-state index >= 15 is 0 Å². The normalized spacial score (nSPS) is 15.9. The van der Waals surface area contributed by atoms with Crippen LogP contribution in [-0.2, 0) is 6.42 Å². The summed E-state index contributed by atoms with van der Waals surface area (Å²) in [5, 5.41) is 2.75. The molecule has 58 valence electrons. The average molecular weight is 151 g/mol. The lowest BCUT2D eigenvalue weighted by molar-refractivity contribution is 0.238. The van der Waals surface area contributed by atoms with Gasteiger partial charge in [0.25, 0.3) is 0 Å². The molecule has 11 heavy (non-hydrogen) atoms. The third-order valence-electron chi connectivity index (χ3n) is 1.87. The summed E-state index contributed by atoms with van der Waals surface area (Å²) in [6, 6.07) is -0.0544. The molecule has 2 rings (SSSR count). The SMILES string of the molecule is Cc1ncc2n1C(=O)NCC2. The van der Waals surface area contributed by atoms with Gasteiger partial charge in [0.15, 0.2) is 0 Å². The van der Waals surface area contributed by atoms with Crippen molar-refractivity contribution >= 4 is 6.03 Å². The Morgan fingerprint density at radius 1 is 1.73 bits per heavy atom. The summed E-state index contributed by atoms with van der Waals surface area (Å²) in [6.07, 6.45) is 2.64. The Balaban J connectivity index is 2.56. The Kier molecular flexibility index (Phi) is 1.21. The van der Waals surface area contributed by atoms with Crippen LogP contribution in [0.5, 0.6) is 0 Å². The summed E-state index contributed by atoms with van der Waals surface area (Å²) in [6.45, 7) is 2.55. The topological polar surface area (TPSA) is 46.9 Å². The molecule has 1 aliphatic heterocycles. The van der Waals surface area contributed by atoms with Crippen molar-refractivity contribution in [2.75, 3.05) is 6.54 Å². The number of hydrogen-bond acceptors (Lipinski definition) is 2. The molecule has 0 saturated carbocycles. The molecular formula is C7H9N3O. The molecule has 0 aliphatic carbocycles. The fourth-order valence-corrected chi connectivity index (χ4v) is 1.32. The highest BCUT2D eigenvalue weighted by Gasteiger charge is 2.17. The first-order chi connectivity index (χ1) is 5.29. The van der Waals surface area contributed by atoms with Gasteiger partial charge in [-0.3, -0.25) is 4.57 Å². The van der Waals surface area contributed by atoms with Crippen LogP contribution in [0.25, 0.3) is 0 Å². The number of imidazole rings is 1. The second-order valence-electron chi connectivity index (χ2n) is 2.61. The predicted molar refractivity (Wildman–Crippen MR) is 39.5 cm³/mol. The number of carbonyl (C=O) groups is 1. The molecule has 1 aromatic heterocycles. The van der Waals surface area contributed by atoms with Gasteiger partial charge in [0, 0.05) is 24.9 Å². The monoisotopic (exact) mass is 151 g/mol. The van der Waals surface area contributed by atoms with Gasteiger partial charge in [-0.25, -0.2) is 9.78 Å². The molecule has 0 bridgehead atoms. The number of nitrogens with zero attached hydrogens (tertiary/aromatic N) is 2. The van der Waals surface area contributed by atoms with Crippen molar-refractivity contribution in [1.29, 1.82) is 0 Å². The first kappa shape index (κ1) is 6.39. The molecule has 1 aliphatic rings. The van der Waals surface area contributed by atoms with E-state index in [2.05, 4.69) is 10.3 Å². The minimum Gasteiger partial charge on any atom is -0.337 e. The Bertz CT molecular complexity index is 303. The van der Waals surface area contributed by atoms with Crippen LogP contribution >= 0.6 is 0 Å². The number of nitrogens with one attached hydrogen (secondary N) is 1. The Morgan fingerprint density at radius 2 is 2.55 bits per heavy atom. The fraction of sp³-hybridized carbons (Fsp3) is 0.429. The molecule has 1 amide bonds.